The maximum atomic E-state index is 13.4. The Bertz CT molecular complexity index is 1670. The van der Waals surface area contributed by atoms with Crippen molar-refractivity contribution in [2.24, 2.45) is 11.1 Å². The van der Waals surface area contributed by atoms with Crippen molar-refractivity contribution in [2.75, 3.05) is 12.3 Å². The molecular weight excluding hydrogens is 642 g/mol. The number of amides is 2. The van der Waals surface area contributed by atoms with Gasteiger partial charge < -0.3 is 31.0 Å². The quantitative estimate of drug-likeness (QED) is 0.0645. The third-order valence-electron chi connectivity index (χ3n) is 8.46. The number of hydrogen-bond donors (Lipinski definition) is 6. The van der Waals surface area contributed by atoms with E-state index in [1.807, 2.05) is 6.07 Å². The fourth-order valence-electron chi connectivity index (χ4n) is 5.64. The molecule has 18 heteroatoms. The van der Waals surface area contributed by atoms with Crippen LogP contribution < -0.4 is 21.1 Å². The number of anilines is 1. The van der Waals surface area contributed by atoms with Gasteiger partial charge in [-0.15, -0.1) is 15.6 Å². The molecule has 1 saturated carbocycles. The van der Waals surface area contributed by atoms with Crippen LogP contribution in [-0.4, -0.2) is 87.4 Å². The predicted molar refractivity (Wildman–Crippen MR) is 166 cm³/mol. The fourth-order valence-corrected chi connectivity index (χ4v) is 6.64. The molecule has 3 aliphatic rings. The summed E-state index contributed by atoms with van der Waals surface area (Å²) >= 11 is 1.03. The van der Waals surface area contributed by atoms with Gasteiger partial charge in [0.2, 0.25) is 0 Å². The summed E-state index contributed by atoms with van der Waals surface area (Å²) in [5.41, 5.74) is 4.31. The molecule has 2 fully saturated rings. The standard InChI is InChI=1S/C28H37N7O9S2/c1-14-9-17(10-14)31-23(29)16-5-7-19-15(11-16)6-8-20(42-19)28(4,13-36)43-34-21(18-12-45-26(30)32-18)24(37)33-22-25(38)35(27(22,2)3)44-46(39,40)41/h5,7,11-12,14,17,20,22,36H,6,8-10,13H2,1-4H3,(H2,29,31)(H2,30,32)(H,33,37)(H,39,40,41)/b34-21-/t14-,17+,20-,22-,28-/m1/s1. The Morgan fingerprint density at radius 1 is 1.35 bits per heavy atom. The van der Waals surface area contributed by atoms with Gasteiger partial charge in [0.25, 0.3) is 11.8 Å². The van der Waals surface area contributed by atoms with E-state index in [2.05, 4.69) is 32.0 Å². The molecule has 0 radical (unpaired) electrons. The Hall–Kier alpha value is -3.84. The lowest BCUT2D eigenvalue weighted by Crippen LogP contribution is -2.76. The molecule has 2 aromatic rings. The van der Waals surface area contributed by atoms with Crippen molar-refractivity contribution < 1.29 is 41.5 Å². The molecule has 1 aliphatic carbocycles. The minimum absolute atomic E-state index is 0.0331. The first kappa shape index (κ1) is 33.5. The lowest BCUT2D eigenvalue weighted by molar-refractivity contribution is -0.218. The maximum absolute atomic E-state index is 13.4. The van der Waals surface area contributed by atoms with Gasteiger partial charge in [-0.2, -0.15) is 13.5 Å². The van der Waals surface area contributed by atoms with Crippen LogP contribution in [0.4, 0.5) is 5.13 Å². The van der Waals surface area contributed by atoms with Crippen LogP contribution in [0.5, 0.6) is 5.75 Å². The third kappa shape index (κ3) is 6.80. The summed E-state index contributed by atoms with van der Waals surface area (Å²) in [6.07, 6.45) is 2.41. The van der Waals surface area contributed by atoms with E-state index in [1.165, 1.54) is 19.2 Å². The Morgan fingerprint density at radius 2 is 2.07 bits per heavy atom. The zero-order valence-corrected chi connectivity index (χ0v) is 27.3. The number of rotatable bonds is 11. The number of aliphatic hydroxyl groups excluding tert-OH is 1. The molecule has 5 rings (SSSR count). The van der Waals surface area contributed by atoms with Gasteiger partial charge in [-0.1, -0.05) is 12.1 Å². The number of hydroxylamine groups is 2. The number of nitrogens with one attached hydrogen (secondary N) is 3. The number of nitrogens with two attached hydrogens (primary N) is 1. The molecule has 0 unspecified atom stereocenters. The number of aliphatic hydroxyl groups is 1. The summed E-state index contributed by atoms with van der Waals surface area (Å²) in [6.45, 7) is 6.06. The first-order valence-electron chi connectivity index (χ1n) is 14.6. The largest absolute Gasteiger partial charge is 0.486 e. The van der Waals surface area contributed by atoms with E-state index in [4.69, 9.17) is 25.3 Å². The minimum Gasteiger partial charge on any atom is -0.486 e. The number of oxime groups is 1. The highest BCUT2D eigenvalue weighted by molar-refractivity contribution is 7.80. The zero-order valence-electron chi connectivity index (χ0n) is 25.6. The Balaban J connectivity index is 1.30. The van der Waals surface area contributed by atoms with Crippen LogP contribution in [0.1, 0.15) is 63.8 Å². The van der Waals surface area contributed by atoms with Crippen molar-refractivity contribution in [3.63, 3.8) is 0 Å². The number of carbonyl (C=O) groups is 2. The Morgan fingerprint density at radius 3 is 2.65 bits per heavy atom. The zero-order chi connectivity index (χ0) is 33.6. The van der Waals surface area contributed by atoms with Crippen LogP contribution in [0.25, 0.3) is 0 Å². The van der Waals surface area contributed by atoms with Crippen LogP contribution in [0.2, 0.25) is 0 Å². The third-order valence-corrected chi connectivity index (χ3v) is 9.47. The number of nitrogens with zero attached hydrogens (tertiary/aromatic N) is 3. The average Bonchev–Trinajstić information content (AvgIpc) is 3.42. The smallest absolute Gasteiger partial charge is 0.418 e. The van der Waals surface area contributed by atoms with Crippen molar-refractivity contribution >= 4 is 50.2 Å². The minimum atomic E-state index is -4.99. The van der Waals surface area contributed by atoms with Crippen LogP contribution >= 0.6 is 11.3 Å². The highest BCUT2D eigenvalue weighted by Crippen LogP contribution is 2.35. The number of fused-ring (bicyclic) bond motifs is 1. The number of benzene rings is 1. The van der Waals surface area contributed by atoms with E-state index in [9.17, 15) is 23.1 Å². The number of amidine groups is 1. The summed E-state index contributed by atoms with van der Waals surface area (Å²) in [6, 6.07) is 4.54. The van der Waals surface area contributed by atoms with E-state index >= 15 is 0 Å². The van der Waals surface area contributed by atoms with Gasteiger partial charge in [0.15, 0.2) is 16.4 Å². The molecule has 0 bridgehead atoms. The second-order valence-electron chi connectivity index (χ2n) is 12.5. The molecule has 0 spiro atoms. The van der Waals surface area contributed by atoms with Crippen LogP contribution in [0.15, 0.2) is 28.7 Å². The SMILES string of the molecule is CC1(C)[C@H](NC(=O)/C(=N\O[C@](C)(CO)[C@H]2CCc3cc(C(=N)N[C@H]4C[C@@H](C)C4)ccc3O2)c2csc(N)n2)C(=O)N1OS(=O)(=O)O. The molecule has 7 N–H and O–H groups in total. The number of β-lactam (4-membered cyclic amide) rings is 1. The molecule has 1 saturated heterocycles. The monoisotopic (exact) mass is 679 g/mol. The number of hydrogen-bond acceptors (Lipinski definition) is 13. The van der Waals surface area contributed by atoms with Gasteiger partial charge in [0.05, 0.1) is 12.1 Å². The summed E-state index contributed by atoms with van der Waals surface area (Å²) in [7, 11) is -4.99. The molecule has 1 aromatic carbocycles. The van der Waals surface area contributed by atoms with Crippen molar-refractivity contribution in [3.05, 3.63) is 40.4 Å². The van der Waals surface area contributed by atoms with Crippen LogP contribution in [0.3, 0.4) is 0 Å². The van der Waals surface area contributed by atoms with Gasteiger partial charge in [0.1, 0.15) is 29.4 Å². The topological polar surface area (TPSA) is 239 Å². The number of aromatic nitrogens is 1. The van der Waals surface area contributed by atoms with E-state index in [1.54, 1.807) is 19.1 Å². The number of nitrogen functional groups attached to an aromatic ring is 1. The van der Waals surface area contributed by atoms with E-state index in [0.717, 1.165) is 35.3 Å². The van der Waals surface area contributed by atoms with Crippen molar-refractivity contribution in [1.82, 2.24) is 20.7 Å². The fraction of sp³-hybridized carbons (Fsp3) is 0.536. The van der Waals surface area contributed by atoms with E-state index in [-0.39, 0.29) is 16.5 Å². The number of ether oxygens (including phenoxy) is 1. The Labute approximate surface area is 269 Å². The van der Waals surface area contributed by atoms with Gasteiger partial charge in [0, 0.05) is 17.0 Å². The van der Waals surface area contributed by atoms with Gasteiger partial charge in [-0.05, 0) is 76.1 Å². The molecule has 46 heavy (non-hydrogen) atoms. The first-order valence-corrected chi connectivity index (χ1v) is 16.8. The van der Waals surface area contributed by atoms with Crippen LogP contribution in [0, 0.1) is 11.3 Å². The normalized spacial score (nSPS) is 25.2. The van der Waals surface area contributed by atoms with Gasteiger partial charge >= 0.3 is 10.4 Å². The molecule has 3 heterocycles. The first-order chi connectivity index (χ1) is 21.5. The van der Waals surface area contributed by atoms with E-state index < -0.39 is 52.1 Å². The highest BCUT2D eigenvalue weighted by Gasteiger charge is 2.58. The maximum Gasteiger partial charge on any atom is 0.418 e. The molecule has 1 aromatic heterocycles. The van der Waals surface area contributed by atoms with Crippen molar-refractivity contribution in [2.45, 2.75) is 82.7 Å². The van der Waals surface area contributed by atoms with Gasteiger partial charge in [-0.3, -0.25) is 19.6 Å². The molecule has 16 nitrogen and oxygen atoms in total. The van der Waals surface area contributed by atoms with Crippen molar-refractivity contribution in [3.8, 4) is 5.75 Å². The lowest BCUT2D eigenvalue weighted by atomic mass is 9.82. The summed E-state index contributed by atoms with van der Waals surface area (Å²) in [5.74, 6) is -0.241. The summed E-state index contributed by atoms with van der Waals surface area (Å²) < 4.78 is 41.9. The lowest BCUT2D eigenvalue weighted by Gasteiger charge is -2.50. The highest BCUT2D eigenvalue weighted by atomic mass is 32.3. The molecule has 2 aliphatic heterocycles. The van der Waals surface area contributed by atoms with Crippen molar-refractivity contribution in [1.29, 1.82) is 5.41 Å². The second-order valence-corrected chi connectivity index (χ2v) is 14.4. The van der Waals surface area contributed by atoms with E-state index in [0.29, 0.717) is 41.4 Å². The molecule has 3 atom stereocenters. The van der Waals surface area contributed by atoms with Gasteiger partial charge in [-0.25, -0.2) is 4.98 Å². The second kappa shape index (κ2) is 12.4. The summed E-state index contributed by atoms with van der Waals surface area (Å²) in [5, 5.41) is 30.7. The average molecular weight is 680 g/mol. The molecule has 2 amide bonds. The molecular formula is C28H37N7O9S2. The molecule has 250 valence electrons. The summed E-state index contributed by atoms with van der Waals surface area (Å²) in [4.78, 5) is 35.9. The number of thiazole rings is 1. The number of aryl methyl sites for hydroxylation is 1. The van der Waals surface area contributed by atoms with Crippen LogP contribution in [-0.2, 0) is 35.5 Å². The predicted octanol–water partition coefficient (Wildman–Crippen LogP) is 1.14. The number of carbonyl (C=O) groups excluding carboxylic acids is 2. The Kier molecular flexibility index (Phi) is 9.04.